The minimum atomic E-state index is -3.06. The lowest BCUT2D eigenvalue weighted by Crippen LogP contribution is -2.32. The second-order valence-electron chi connectivity index (χ2n) is 5.95. The van der Waals surface area contributed by atoms with Crippen molar-refractivity contribution < 1.29 is 8.42 Å². The molecule has 3 aliphatic rings. The van der Waals surface area contributed by atoms with Crippen molar-refractivity contribution in [3.05, 3.63) is 0 Å². The first-order valence-electron chi connectivity index (χ1n) is 6.82. The second kappa shape index (κ2) is 4.21. The van der Waals surface area contributed by atoms with Gasteiger partial charge in [-0.15, -0.1) is 0 Å². The Morgan fingerprint density at radius 2 is 1.76 bits per heavy atom. The molecule has 0 spiro atoms. The molecule has 4 nitrogen and oxygen atoms in total. The van der Waals surface area contributed by atoms with Gasteiger partial charge in [-0.3, -0.25) is 0 Å². The molecule has 4 atom stereocenters. The summed E-state index contributed by atoms with van der Waals surface area (Å²) in [5.74, 6) is 3.25. The predicted octanol–water partition coefficient (Wildman–Crippen LogP) is 0.689. The van der Waals surface area contributed by atoms with Gasteiger partial charge in [0.1, 0.15) is 0 Å². The molecule has 5 heteroatoms. The zero-order valence-corrected chi connectivity index (χ0v) is 11.0. The normalized spacial score (nSPS) is 42.8. The highest BCUT2D eigenvalue weighted by atomic mass is 32.2. The van der Waals surface area contributed by atoms with Crippen LogP contribution in [-0.4, -0.2) is 26.8 Å². The van der Waals surface area contributed by atoms with Crippen LogP contribution in [0.2, 0.25) is 0 Å². The van der Waals surface area contributed by atoms with Gasteiger partial charge in [0.25, 0.3) is 0 Å². The Labute approximate surface area is 103 Å². The molecule has 4 unspecified atom stereocenters. The Morgan fingerprint density at radius 1 is 1.12 bits per heavy atom. The molecule has 2 bridgehead atoms. The number of nitrogens with two attached hydrogens (primary N) is 1. The van der Waals surface area contributed by atoms with Crippen LogP contribution in [0.5, 0.6) is 0 Å². The standard InChI is InChI=1S/C12H22N2O2S/c13-5-1-2-6-17(15,16)14-12-10-8-3-4-9(7-8)11(10)12/h8-12,14H,1-7,13H2. The van der Waals surface area contributed by atoms with Gasteiger partial charge >= 0.3 is 0 Å². The van der Waals surface area contributed by atoms with E-state index in [1.54, 1.807) is 0 Å². The second-order valence-corrected chi connectivity index (χ2v) is 7.82. The average molecular weight is 258 g/mol. The quantitative estimate of drug-likeness (QED) is 0.689. The fourth-order valence-electron chi connectivity index (χ4n) is 4.19. The average Bonchev–Trinajstić information content (AvgIpc) is 2.70. The third-order valence-electron chi connectivity index (χ3n) is 4.92. The molecule has 3 N–H and O–H groups in total. The van der Waals surface area contributed by atoms with E-state index in [2.05, 4.69) is 4.72 Å². The van der Waals surface area contributed by atoms with Crippen molar-refractivity contribution in [2.24, 2.45) is 29.4 Å². The Bertz CT molecular complexity index is 379. The molecule has 3 aliphatic carbocycles. The number of hydrogen-bond donors (Lipinski definition) is 2. The monoisotopic (exact) mass is 258 g/mol. The van der Waals surface area contributed by atoms with Crippen molar-refractivity contribution >= 4 is 10.0 Å². The molecule has 17 heavy (non-hydrogen) atoms. The summed E-state index contributed by atoms with van der Waals surface area (Å²) in [5, 5.41) is 0. The molecule has 98 valence electrons. The molecule has 3 fully saturated rings. The van der Waals surface area contributed by atoms with Crippen LogP contribution in [0.3, 0.4) is 0 Å². The highest BCUT2D eigenvalue weighted by molar-refractivity contribution is 7.89. The molecule has 0 aromatic rings. The molecular weight excluding hydrogens is 236 g/mol. The Hall–Kier alpha value is -0.130. The fraction of sp³-hybridized carbons (Fsp3) is 1.00. The molecule has 0 radical (unpaired) electrons. The minimum Gasteiger partial charge on any atom is -0.330 e. The third-order valence-corrected chi connectivity index (χ3v) is 6.38. The van der Waals surface area contributed by atoms with E-state index >= 15 is 0 Å². The van der Waals surface area contributed by atoms with Gasteiger partial charge in [0.05, 0.1) is 5.75 Å². The largest absolute Gasteiger partial charge is 0.330 e. The van der Waals surface area contributed by atoms with Gasteiger partial charge in [-0.2, -0.15) is 0 Å². The molecule has 0 aromatic carbocycles. The molecular formula is C12H22N2O2S. The first-order valence-corrected chi connectivity index (χ1v) is 8.47. The summed E-state index contributed by atoms with van der Waals surface area (Å²) in [6, 6.07) is 0.282. The lowest BCUT2D eigenvalue weighted by Gasteiger charge is -2.11. The van der Waals surface area contributed by atoms with E-state index in [1.807, 2.05) is 0 Å². The van der Waals surface area contributed by atoms with E-state index in [9.17, 15) is 8.42 Å². The molecule has 0 amide bonds. The van der Waals surface area contributed by atoms with Gasteiger partial charge in [0.15, 0.2) is 0 Å². The summed E-state index contributed by atoms with van der Waals surface area (Å²) >= 11 is 0. The van der Waals surface area contributed by atoms with Gasteiger partial charge in [0, 0.05) is 6.04 Å². The zero-order valence-electron chi connectivity index (χ0n) is 10.1. The number of unbranched alkanes of at least 4 members (excludes halogenated alkanes) is 1. The van der Waals surface area contributed by atoms with Gasteiger partial charge in [-0.1, -0.05) is 0 Å². The van der Waals surface area contributed by atoms with Crippen LogP contribution in [0, 0.1) is 23.7 Å². The van der Waals surface area contributed by atoms with E-state index in [1.165, 1.54) is 19.3 Å². The third kappa shape index (κ3) is 2.13. The topological polar surface area (TPSA) is 72.2 Å². The van der Waals surface area contributed by atoms with Crippen LogP contribution in [0.4, 0.5) is 0 Å². The lowest BCUT2D eigenvalue weighted by atomic mass is 10.0. The molecule has 0 saturated heterocycles. The number of hydrogen-bond acceptors (Lipinski definition) is 3. The summed E-state index contributed by atoms with van der Waals surface area (Å²) in [6.07, 6.45) is 5.50. The van der Waals surface area contributed by atoms with Crippen molar-refractivity contribution in [1.82, 2.24) is 4.72 Å². The number of sulfonamides is 1. The van der Waals surface area contributed by atoms with Crippen LogP contribution in [0.15, 0.2) is 0 Å². The summed E-state index contributed by atoms with van der Waals surface area (Å²) in [7, 11) is -3.06. The number of rotatable bonds is 6. The van der Waals surface area contributed by atoms with Gasteiger partial charge in [-0.05, 0) is 62.3 Å². The van der Waals surface area contributed by atoms with Crippen LogP contribution >= 0.6 is 0 Å². The first-order chi connectivity index (χ1) is 8.12. The summed E-state index contributed by atoms with van der Waals surface area (Å²) in [4.78, 5) is 0. The van der Waals surface area contributed by atoms with E-state index < -0.39 is 10.0 Å². The molecule has 0 aliphatic heterocycles. The van der Waals surface area contributed by atoms with E-state index in [0.717, 1.165) is 18.3 Å². The lowest BCUT2D eigenvalue weighted by molar-refractivity contribution is 0.456. The molecule has 3 rings (SSSR count). The first kappa shape index (κ1) is 11.9. The van der Waals surface area contributed by atoms with Gasteiger partial charge in [-0.25, -0.2) is 13.1 Å². The maximum absolute atomic E-state index is 11.9. The predicted molar refractivity (Wildman–Crippen MR) is 66.8 cm³/mol. The fourth-order valence-corrected chi connectivity index (χ4v) is 5.62. The SMILES string of the molecule is NCCCCS(=O)(=O)NC1C2C3CCC(C3)C12. The smallest absolute Gasteiger partial charge is 0.211 e. The van der Waals surface area contributed by atoms with Crippen molar-refractivity contribution in [3.8, 4) is 0 Å². The Morgan fingerprint density at radius 3 is 2.35 bits per heavy atom. The Balaban J connectivity index is 1.52. The van der Waals surface area contributed by atoms with Crippen molar-refractivity contribution in [1.29, 1.82) is 0 Å². The zero-order chi connectivity index (χ0) is 12.0. The van der Waals surface area contributed by atoms with E-state index in [4.69, 9.17) is 5.73 Å². The van der Waals surface area contributed by atoms with Crippen molar-refractivity contribution in [2.45, 2.75) is 38.1 Å². The maximum Gasteiger partial charge on any atom is 0.211 e. The van der Waals surface area contributed by atoms with Crippen molar-refractivity contribution in [3.63, 3.8) is 0 Å². The van der Waals surface area contributed by atoms with E-state index in [-0.39, 0.29) is 11.8 Å². The minimum absolute atomic E-state index is 0.246. The summed E-state index contributed by atoms with van der Waals surface area (Å²) in [5.41, 5.74) is 5.38. The summed E-state index contributed by atoms with van der Waals surface area (Å²) < 4.78 is 26.7. The van der Waals surface area contributed by atoms with Gasteiger partial charge < -0.3 is 5.73 Å². The van der Waals surface area contributed by atoms with Crippen LogP contribution in [0.1, 0.15) is 32.1 Å². The maximum atomic E-state index is 11.9. The molecule has 0 heterocycles. The van der Waals surface area contributed by atoms with Crippen LogP contribution in [-0.2, 0) is 10.0 Å². The van der Waals surface area contributed by atoms with Crippen LogP contribution < -0.4 is 10.5 Å². The van der Waals surface area contributed by atoms with Crippen molar-refractivity contribution in [2.75, 3.05) is 12.3 Å². The molecule has 0 aromatic heterocycles. The number of nitrogens with one attached hydrogen (secondary N) is 1. The van der Waals surface area contributed by atoms with Crippen LogP contribution in [0.25, 0.3) is 0 Å². The number of fused-ring (bicyclic) bond motifs is 5. The molecule has 3 saturated carbocycles. The van der Waals surface area contributed by atoms with E-state index in [0.29, 0.717) is 24.8 Å². The van der Waals surface area contributed by atoms with Gasteiger partial charge in [0.2, 0.25) is 10.0 Å². The highest BCUT2D eigenvalue weighted by Crippen LogP contribution is 2.65. The highest BCUT2D eigenvalue weighted by Gasteiger charge is 2.65. The Kier molecular flexibility index (Phi) is 2.96. The summed E-state index contributed by atoms with van der Waals surface area (Å²) in [6.45, 7) is 0.578.